The second-order valence-corrected chi connectivity index (χ2v) is 5.13. The van der Waals surface area contributed by atoms with Crippen LogP contribution >= 0.6 is 27.3 Å². The van der Waals surface area contributed by atoms with Gasteiger partial charge in [0.2, 0.25) is 5.78 Å². The Bertz CT molecular complexity index is 488. The highest BCUT2D eigenvalue weighted by Gasteiger charge is 2.12. The first-order valence-electron chi connectivity index (χ1n) is 4.53. The molecule has 0 fully saturated rings. The van der Waals surface area contributed by atoms with Crippen molar-refractivity contribution in [1.82, 2.24) is 0 Å². The van der Waals surface area contributed by atoms with Crippen LogP contribution in [0.1, 0.15) is 20.8 Å². The van der Waals surface area contributed by atoms with Gasteiger partial charge in [0.15, 0.2) is 0 Å². The van der Waals surface area contributed by atoms with Crippen LogP contribution in [-0.2, 0) is 0 Å². The summed E-state index contributed by atoms with van der Waals surface area (Å²) in [5.74, 6) is 0.101. The van der Waals surface area contributed by atoms with Crippen molar-refractivity contribution in [3.63, 3.8) is 0 Å². The molecule has 1 aromatic heterocycles. The molecule has 0 saturated carbocycles. The van der Waals surface area contributed by atoms with Gasteiger partial charge in [0.1, 0.15) is 0 Å². The Hall–Kier alpha value is -0.930. The number of carbonyl (C=O) groups excluding carboxylic acids is 1. The molecule has 0 atom stereocenters. The summed E-state index contributed by atoms with van der Waals surface area (Å²) < 4.78 is 0.938. The summed E-state index contributed by atoms with van der Waals surface area (Å²) in [5, 5.41) is 1.92. The van der Waals surface area contributed by atoms with E-state index in [0.717, 1.165) is 20.5 Å². The lowest BCUT2D eigenvalue weighted by Gasteiger charge is -2.03. The van der Waals surface area contributed by atoms with E-state index < -0.39 is 0 Å². The number of rotatable bonds is 2. The Morgan fingerprint density at radius 3 is 2.80 bits per heavy atom. The van der Waals surface area contributed by atoms with E-state index in [1.807, 2.05) is 42.6 Å². The summed E-state index contributed by atoms with van der Waals surface area (Å²) in [7, 11) is 0. The van der Waals surface area contributed by atoms with Crippen molar-refractivity contribution in [2.24, 2.45) is 0 Å². The highest BCUT2D eigenvalue weighted by atomic mass is 79.9. The third-order valence-corrected chi connectivity index (χ3v) is 3.55. The molecule has 15 heavy (non-hydrogen) atoms. The Morgan fingerprint density at radius 1 is 1.33 bits per heavy atom. The molecule has 1 heterocycles. The van der Waals surface area contributed by atoms with Crippen LogP contribution in [0.4, 0.5) is 0 Å². The van der Waals surface area contributed by atoms with E-state index in [-0.39, 0.29) is 5.78 Å². The smallest absolute Gasteiger partial charge is 0.203 e. The van der Waals surface area contributed by atoms with E-state index in [9.17, 15) is 4.79 Å². The summed E-state index contributed by atoms with van der Waals surface area (Å²) in [5.41, 5.74) is 1.78. The molecule has 2 rings (SSSR count). The van der Waals surface area contributed by atoms with Gasteiger partial charge < -0.3 is 0 Å². The second-order valence-electron chi connectivity index (χ2n) is 3.27. The first-order valence-corrected chi connectivity index (χ1v) is 6.20. The van der Waals surface area contributed by atoms with Gasteiger partial charge in [-0.1, -0.05) is 28.1 Å². The van der Waals surface area contributed by atoms with Crippen LogP contribution in [0.2, 0.25) is 0 Å². The van der Waals surface area contributed by atoms with Crippen LogP contribution in [0.3, 0.4) is 0 Å². The van der Waals surface area contributed by atoms with Gasteiger partial charge in [0.25, 0.3) is 0 Å². The van der Waals surface area contributed by atoms with E-state index in [1.54, 1.807) is 0 Å². The van der Waals surface area contributed by atoms with Crippen molar-refractivity contribution in [1.29, 1.82) is 0 Å². The number of benzene rings is 1. The Morgan fingerprint density at radius 2 is 2.13 bits per heavy atom. The minimum atomic E-state index is 0.101. The van der Waals surface area contributed by atoms with Crippen molar-refractivity contribution in [3.8, 4) is 0 Å². The molecular formula is C12H9BrOS. The zero-order valence-corrected chi connectivity index (χ0v) is 10.6. The molecule has 0 spiro atoms. The number of hydrogen-bond acceptors (Lipinski definition) is 2. The number of hydrogen-bond donors (Lipinski definition) is 0. The van der Waals surface area contributed by atoms with Gasteiger partial charge in [0.05, 0.1) is 4.88 Å². The molecule has 0 aliphatic heterocycles. The summed E-state index contributed by atoms with van der Waals surface area (Å²) in [4.78, 5) is 12.9. The van der Waals surface area contributed by atoms with Crippen LogP contribution < -0.4 is 0 Å². The third kappa shape index (κ3) is 2.19. The number of halogens is 1. The maximum absolute atomic E-state index is 12.1. The van der Waals surface area contributed by atoms with E-state index >= 15 is 0 Å². The van der Waals surface area contributed by atoms with Crippen LogP contribution in [0, 0.1) is 6.92 Å². The second kappa shape index (κ2) is 4.29. The first kappa shape index (κ1) is 10.6. The standard InChI is InChI=1S/C12H9BrOS/c1-8-4-5-9(13)7-10(8)12(14)11-3-2-6-15-11/h2-7H,1H3. The number of ketones is 1. The van der Waals surface area contributed by atoms with Crippen molar-refractivity contribution in [3.05, 3.63) is 56.2 Å². The van der Waals surface area contributed by atoms with Gasteiger partial charge in [-0.3, -0.25) is 4.79 Å². The molecule has 0 radical (unpaired) electrons. The Kier molecular flexibility index (Phi) is 3.03. The molecule has 0 aliphatic carbocycles. The van der Waals surface area contributed by atoms with Crippen LogP contribution in [-0.4, -0.2) is 5.78 Å². The lowest BCUT2D eigenvalue weighted by atomic mass is 10.0. The van der Waals surface area contributed by atoms with Gasteiger partial charge in [-0.2, -0.15) is 0 Å². The topological polar surface area (TPSA) is 17.1 Å². The van der Waals surface area contributed by atoms with E-state index in [4.69, 9.17) is 0 Å². The van der Waals surface area contributed by atoms with Crippen LogP contribution in [0.5, 0.6) is 0 Å². The highest BCUT2D eigenvalue weighted by Crippen LogP contribution is 2.21. The monoisotopic (exact) mass is 280 g/mol. The van der Waals surface area contributed by atoms with Crippen molar-refractivity contribution >= 4 is 33.0 Å². The van der Waals surface area contributed by atoms with Gasteiger partial charge in [-0.25, -0.2) is 0 Å². The predicted octanol–water partition coefficient (Wildman–Crippen LogP) is 4.05. The van der Waals surface area contributed by atoms with Crippen LogP contribution in [0.15, 0.2) is 40.2 Å². The molecule has 76 valence electrons. The fourth-order valence-electron chi connectivity index (χ4n) is 1.38. The van der Waals surface area contributed by atoms with E-state index in [0.29, 0.717) is 0 Å². The fourth-order valence-corrected chi connectivity index (χ4v) is 2.42. The maximum Gasteiger partial charge on any atom is 0.203 e. The SMILES string of the molecule is Cc1ccc(Br)cc1C(=O)c1cccs1. The minimum absolute atomic E-state index is 0.101. The minimum Gasteiger partial charge on any atom is -0.288 e. The lowest BCUT2D eigenvalue weighted by Crippen LogP contribution is -2.01. The van der Waals surface area contributed by atoms with Gasteiger partial charge in [-0.05, 0) is 36.1 Å². The quantitative estimate of drug-likeness (QED) is 0.759. The zero-order valence-electron chi connectivity index (χ0n) is 8.16. The number of aryl methyl sites for hydroxylation is 1. The fraction of sp³-hybridized carbons (Fsp3) is 0.0833. The highest BCUT2D eigenvalue weighted by molar-refractivity contribution is 9.10. The molecule has 0 amide bonds. The summed E-state index contributed by atoms with van der Waals surface area (Å²) >= 11 is 4.85. The molecule has 0 aliphatic rings. The average Bonchev–Trinajstić information content (AvgIpc) is 2.74. The summed E-state index contributed by atoms with van der Waals surface area (Å²) in [6.45, 7) is 1.95. The van der Waals surface area contributed by atoms with E-state index in [1.165, 1.54) is 11.3 Å². The molecule has 2 aromatic rings. The van der Waals surface area contributed by atoms with Crippen LogP contribution in [0.25, 0.3) is 0 Å². The number of thiophene rings is 1. The average molecular weight is 281 g/mol. The summed E-state index contributed by atoms with van der Waals surface area (Å²) in [6.07, 6.45) is 0. The van der Waals surface area contributed by atoms with Crippen molar-refractivity contribution in [2.45, 2.75) is 6.92 Å². The molecule has 3 heteroatoms. The lowest BCUT2D eigenvalue weighted by molar-refractivity contribution is 0.104. The van der Waals surface area contributed by atoms with Crippen molar-refractivity contribution in [2.75, 3.05) is 0 Å². The van der Waals surface area contributed by atoms with E-state index in [2.05, 4.69) is 15.9 Å². The molecule has 0 bridgehead atoms. The molecule has 0 saturated heterocycles. The van der Waals surface area contributed by atoms with Gasteiger partial charge in [0, 0.05) is 10.0 Å². The first-order chi connectivity index (χ1) is 7.18. The molecule has 1 nitrogen and oxygen atoms in total. The molecule has 0 unspecified atom stereocenters. The zero-order chi connectivity index (χ0) is 10.8. The maximum atomic E-state index is 12.1. The van der Waals surface area contributed by atoms with Crippen molar-refractivity contribution < 1.29 is 4.79 Å². The van der Waals surface area contributed by atoms with Gasteiger partial charge in [-0.15, -0.1) is 11.3 Å². The molecule has 1 aromatic carbocycles. The van der Waals surface area contributed by atoms with Gasteiger partial charge >= 0.3 is 0 Å². The Balaban J connectivity index is 2.46. The predicted molar refractivity (Wildman–Crippen MR) is 66.6 cm³/mol. The number of carbonyl (C=O) groups is 1. The normalized spacial score (nSPS) is 10.3. The largest absolute Gasteiger partial charge is 0.288 e. The third-order valence-electron chi connectivity index (χ3n) is 2.19. The summed E-state index contributed by atoms with van der Waals surface area (Å²) in [6, 6.07) is 9.52. The Labute approximate surface area is 101 Å². The molecular weight excluding hydrogens is 272 g/mol. The molecule has 0 N–H and O–H groups in total.